The number of terminal acetylenes is 1. The van der Waals surface area contributed by atoms with Crippen molar-refractivity contribution in [1.82, 2.24) is 31.9 Å². The van der Waals surface area contributed by atoms with Gasteiger partial charge in [0.25, 0.3) is 35.4 Å². The molecule has 3 rings (SSSR count). The van der Waals surface area contributed by atoms with Crippen molar-refractivity contribution >= 4 is 82.0 Å². The fraction of sp³-hybridized carbons (Fsp3) is 0.243. The Morgan fingerprint density at radius 1 is 0.491 bits per heavy atom. The first-order chi connectivity index (χ1) is 23.8. The van der Waals surface area contributed by atoms with Crippen LogP contribution in [0.2, 0.25) is 0 Å². The van der Waals surface area contributed by atoms with Crippen molar-refractivity contribution in [2.24, 2.45) is 0 Å². The summed E-state index contributed by atoms with van der Waals surface area (Å²) in [6.07, 6.45) is 5.26. The van der Waals surface area contributed by atoms with Gasteiger partial charge in [0.1, 0.15) is 0 Å². The van der Waals surface area contributed by atoms with Crippen LogP contribution < -0.4 is 31.9 Å². The fourth-order valence-corrected chi connectivity index (χ4v) is 4.47. The summed E-state index contributed by atoms with van der Waals surface area (Å²) < 4.78 is 0.854. The molecule has 0 heterocycles. The first kappa shape index (κ1) is 57.0. The Labute approximate surface area is 393 Å². The van der Waals surface area contributed by atoms with Gasteiger partial charge >= 0.3 is 0 Å². The Hall–Kier alpha value is -2.73. The van der Waals surface area contributed by atoms with Gasteiger partial charge in [0.15, 0.2) is 0 Å². The number of rotatable bonds is 6. The molecule has 0 spiro atoms. The van der Waals surface area contributed by atoms with Crippen molar-refractivity contribution < 1.29 is 94.2 Å². The van der Waals surface area contributed by atoms with Crippen LogP contribution in [0, 0.1) is 27.8 Å². The third-order valence-electron chi connectivity index (χ3n) is 6.14. The van der Waals surface area contributed by atoms with Gasteiger partial charge in [-0.15, -0.1) is 36.3 Å². The van der Waals surface area contributed by atoms with Crippen molar-refractivity contribution in [2.75, 3.05) is 42.3 Å². The van der Waals surface area contributed by atoms with E-state index in [0.29, 0.717) is 44.5 Å². The Morgan fingerprint density at radius 3 is 0.925 bits per heavy atom. The molecular formula is C37H44I2N6O6Y2. The molecule has 12 nitrogen and oxygen atoms in total. The molecule has 0 bridgehead atoms. The minimum absolute atomic E-state index is 0. The Kier molecular flexibility index (Phi) is 34.0. The summed E-state index contributed by atoms with van der Waals surface area (Å²) in [5.74, 6) is 6.56. The van der Waals surface area contributed by atoms with Gasteiger partial charge in [0, 0.05) is 156 Å². The number of nitrogens with one attached hydrogen (secondary N) is 6. The van der Waals surface area contributed by atoms with E-state index < -0.39 is 0 Å². The maximum Gasteiger partial charge on any atom is 0.251 e. The number of benzene rings is 3. The van der Waals surface area contributed by atoms with Crippen molar-refractivity contribution in [3.8, 4) is 24.2 Å². The molecule has 0 saturated heterocycles. The van der Waals surface area contributed by atoms with Crippen LogP contribution in [0.4, 0.5) is 0 Å². The fourth-order valence-electron chi connectivity index (χ4n) is 3.80. The van der Waals surface area contributed by atoms with Crippen molar-refractivity contribution in [2.45, 2.75) is 20.8 Å². The minimum Gasteiger partial charge on any atom is -0.355 e. The summed E-state index contributed by atoms with van der Waals surface area (Å²) >= 11 is 2.07. The summed E-state index contributed by atoms with van der Waals surface area (Å²) in [5, 5.41) is 15.0. The molecule has 0 fully saturated rings. The van der Waals surface area contributed by atoms with Gasteiger partial charge in [-0.05, 0) is 84.1 Å². The van der Waals surface area contributed by atoms with E-state index in [9.17, 15) is 28.8 Å². The molecule has 0 aliphatic rings. The van der Waals surface area contributed by atoms with E-state index in [1.807, 2.05) is 13.8 Å². The van der Waals surface area contributed by atoms with Crippen LogP contribution >= 0.6 is 46.6 Å². The van der Waals surface area contributed by atoms with Gasteiger partial charge in [-0.3, -0.25) is 28.8 Å². The third-order valence-corrected chi connectivity index (χ3v) is 6.76. The quantitative estimate of drug-likeness (QED) is 0.162. The summed E-state index contributed by atoms with van der Waals surface area (Å²) in [7, 11) is 9.23. The van der Waals surface area contributed by atoms with Gasteiger partial charge in [0.05, 0.1) is 0 Å². The summed E-state index contributed by atoms with van der Waals surface area (Å²) in [6.45, 7) is 5.70. The second-order valence-corrected chi connectivity index (χ2v) is 10.6. The van der Waals surface area contributed by atoms with E-state index in [1.165, 1.54) is 20.2 Å². The number of halogens is 2. The van der Waals surface area contributed by atoms with E-state index in [2.05, 4.69) is 72.3 Å². The molecule has 0 saturated carbocycles. The zero-order valence-electron chi connectivity index (χ0n) is 31.2. The molecule has 0 aliphatic carbocycles. The maximum absolute atomic E-state index is 11.5. The predicted octanol–water partition coefficient (Wildman–Crippen LogP) is 3.81. The van der Waals surface area contributed by atoms with Crippen molar-refractivity contribution in [3.05, 3.63) is 103 Å². The standard InChI is InChI=1S/C13H14N2O2.C12H12N2O2.C10H11IN2O2.C2H6.HI.2Y/c1-4-5-9-6-10(12(16)14-2)8-11(7-9)13(17)15-3;1-4-8-5-9(11(15)13-2)7-10(6-8)12(16)14-3;1-12-9(14)6-3-7(10(15)13-2)5-8(11)4-6;1-2;;;/h6-8H,1-3H3,(H,14,16)(H,15,17);1,5-7H,2-3H3,(H,13,15)(H,14,16);3-5H,1-2H3,(H,12,14)(H,13,15);1-2H3;1H;;. The normalized spacial score (nSPS) is 8.40. The number of amides is 6. The largest absolute Gasteiger partial charge is 0.355 e. The molecule has 278 valence electrons. The molecule has 0 unspecified atom stereocenters. The smallest absolute Gasteiger partial charge is 0.251 e. The van der Waals surface area contributed by atoms with E-state index in [4.69, 9.17) is 6.42 Å². The first-order valence-corrected chi connectivity index (χ1v) is 16.2. The number of carbonyl (C=O) groups is 6. The molecule has 0 aliphatic heterocycles. The molecule has 3 aromatic rings. The van der Waals surface area contributed by atoms with Crippen molar-refractivity contribution in [1.29, 1.82) is 0 Å². The van der Waals surface area contributed by atoms with Crippen LogP contribution in [0.25, 0.3) is 0 Å². The average Bonchev–Trinajstić information content (AvgIpc) is 3.16. The monoisotopic (exact) mass is 1100 g/mol. The summed E-state index contributed by atoms with van der Waals surface area (Å²) in [4.78, 5) is 68.7. The van der Waals surface area contributed by atoms with E-state index in [0.717, 1.165) is 3.57 Å². The van der Waals surface area contributed by atoms with Crippen LogP contribution in [0.5, 0.6) is 0 Å². The van der Waals surface area contributed by atoms with Gasteiger partial charge in [-0.2, -0.15) is 0 Å². The van der Waals surface area contributed by atoms with Crippen LogP contribution in [0.1, 0.15) is 94.0 Å². The number of hydrogen-bond donors (Lipinski definition) is 6. The van der Waals surface area contributed by atoms with Crippen molar-refractivity contribution in [3.63, 3.8) is 0 Å². The zero-order valence-corrected chi connectivity index (χ0v) is 41.3. The topological polar surface area (TPSA) is 175 Å². The third kappa shape index (κ3) is 20.0. The second kappa shape index (κ2) is 31.6. The summed E-state index contributed by atoms with van der Waals surface area (Å²) in [6, 6.07) is 14.5. The molecule has 6 amide bonds. The maximum atomic E-state index is 11.5. The van der Waals surface area contributed by atoms with Gasteiger partial charge in [0.2, 0.25) is 0 Å². The van der Waals surface area contributed by atoms with Crippen LogP contribution in [-0.4, -0.2) is 77.7 Å². The van der Waals surface area contributed by atoms with Crippen LogP contribution in [0.3, 0.4) is 0 Å². The molecule has 0 atom stereocenters. The summed E-state index contributed by atoms with van der Waals surface area (Å²) in [5.41, 5.74) is 3.71. The Balaban J connectivity index is -0.000000323. The average molecular weight is 1100 g/mol. The van der Waals surface area contributed by atoms with Crippen LogP contribution in [0.15, 0.2) is 54.6 Å². The zero-order chi connectivity index (χ0) is 38.4. The van der Waals surface area contributed by atoms with E-state index in [-0.39, 0.29) is 125 Å². The van der Waals surface area contributed by atoms with Crippen LogP contribution in [-0.2, 0) is 65.4 Å². The molecule has 53 heavy (non-hydrogen) atoms. The minimum atomic E-state index is -0.276. The second-order valence-electron chi connectivity index (χ2n) is 9.32. The molecule has 3 aromatic carbocycles. The predicted molar refractivity (Wildman–Crippen MR) is 220 cm³/mol. The molecule has 6 N–H and O–H groups in total. The van der Waals surface area contributed by atoms with Gasteiger partial charge in [-0.1, -0.05) is 25.7 Å². The Bertz CT molecular complexity index is 1720. The molecule has 0 aromatic heterocycles. The van der Waals surface area contributed by atoms with Gasteiger partial charge < -0.3 is 31.9 Å². The Morgan fingerprint density at radius 2 is 0.717 bits per heavy atom. The molecule has 16 heteroatoms. The van der Waals surface area contributed by atoms with E-state index in [1.54, 1.807) is 83.6 Å². The number of hydrogen-bond acceptors (Lipinski definition) is 6. The van der Waals surface area contributed by atoms with E-state index >= 15 is 0 Å². The first-order valence-electron chi connectivity index (χ1n) is 15.1. The SMILES string of the molecule is C#Cc1cc(C(=O)NC)cc(C(=O)NC)c1.CC.CC#Cc1cc(C(=O)NC)cc(C(=O)NC)c1.CNC(=O)c1cc(I)cc(C(=O)NC)c1.I.[Y].[Y]. The van der Waals surface area contributed by atoms with Gasteiger partial charge in [-0.25, -0.2) is 0 Å². The molecular weight excluding hydrogens is 1060 g/mol. The molecule has 2 radical (unpaired) electrons. The number of carbonyl (C=O) groups excluding carboxylic acids is 6.